The van der Waals surface area contributed by atoms with Crippen LogP contribution in [0.25, 0.3) is 0 Å². The van der Waals surface area contributed by atoms with Crippen molar-refractivity contribution in [2.24, 2.45) is 0 Å². The topological polar surface area (TPSA) is 57.4 Å². The summed E-state index contributed by atoms with van der Waals surface area (Å²) < 4.78 is 24.3. The lowest BCUT2D eigenvalue weighted by Gasteiger charge is -2.13. The van der Waals surface area contributed by atoms with Crippen LogP contribution in [-0.2, 0) is 0 Å². The number of rotatable bonds is 4. The van der Waals surface area contributed by atoms with Crippen molar-refractivity contribution in [3.05, 3.63) is 41.7 Å². The zero-order chi connectivity index (χ0) is 14.7. The molecule has 0 saturated heterocycles. The molecule has 0 atom stereocenters. The van der Waals surface area contributed by atoms with Crippen LogP contribution in [-0.4, -0.2) is 11.1 Å². The molecule has 2 N–H and O–H groups in total. The normalized spacial score (nSPS) is 10.7. The first-order chi connectivity index (χ1) is 9.45. The van der Waals surface area contributed by atoms with Crippen LogP contribution in [0.3, 0.4) is 0 Å². The summed E-state index contributed by atoms with van der Waals surface area (Å²) >= 11 is 0. The van der Waals surface area contributed by atoms with Crippen LogP contribution in [0, 0.1) is 12.7 Å². The van der Waals surface area contributed by atoms with E-state index in [9.17, 15) is 4.39 Å². The number of anilines is 1. The summed E-state index contributed by atoms with van der Waals surface area (Å²) in [6.07, 6.45) is -0.0454. The van der Waals surface area contributed by atoms with Gasteiger partial charge in [-0.3, -0.25) is 0 Å². The molecule has 0 radical (unpaired) electrons. The quantitative estimate of drug-likeness (QED) is 0.925. The molecule has 20 heavy (non-hydrogen) atoms. The summed E-state index contributed by atoms with van der Waals surface area (Å²) in [5, 5.41) is 0. The van der Waals surface area contributed by atoms with Gasteiger partial charge < -0.3 is 15.2 Å². The average Bonchev–Trinajstić information content (AvgIpc) is 2.37. The van der Waals surface area contributed by atoms with E-state index < -0.39 is 0 Å². The van der Waals surface area contributed by atoms with Crippen LogP contribution in [0.15, 0.2) is 30.3 Å². The maximum atomic E-state index is 13.2. The fraction of sp³-hybridized carbons (Fsp3) is 0.267. The van der Waals surface area contributed by atoms with Gasteiger partial charge in [0.2, 0.25) is 11.8 Å². The molecule has 0 fully saturated rings. The second-order valence-corrected chi connectivity index (χ2v) is 4.72. The molecule has 1 aromatic heterocycles. The molecule has 0 aliphatic rings. The summed E-state index contributed by atoms with van der Waals surface area (Å²) in [5.41, 5.74) is 7.03. The molecule has 0 aliphatic carbocycles. The Morgan fingerprint density at radius 3 is 2.65 bits per heavy atom. The number of nitrogens with two attached hydrogens (primary N) is 1. The van der Waals surface area contributed by atoms with Crippen molar-refractivity contribution in [2.45, 2.75) is 26.9 Å². The Morgan fingerprint density at radius 2 is 1.95 bits per heavy atom. The Hall–Kier alpha value is -2.30. The molecule has 0 spiro atoms. The summed E-state index contributed by atoms with van der Waals surface area (Å²) in [6.45, 7) is 5.59. The molecule has 2 rings (SSSR count). The molecule has 1 heterocycles. The van der Waals surface area contributed by atoms with Crippen molar-refractivity contribution in [1.29, 1.82) is 0 Å². The molecular weight excluding hydrogens is 259 g/mol. The van der Waals surface area contributed by atoms with Crippen LogP contribution < -0.4 is 15.2 Å². The minimum absolute atomic E-state index is 0.0454. The van der Waals surface area contributed by atoms with Crippen molar-refractivity contribution in [3.63, 3.8) is 0 Å². The Kier molecular flexibility index (Phi) is 4.08. The lowest BCUT2D eigenvalue weighted by atomic mass is 10.2. The number of pyridine rings is 1. The monoisotopic (exact) mass is 276 g/mol. The number of ether oxygens (including phenoxy) is 2. The van der Waals surface area contributed by atoms with E-state index >= 15 is 0 Å². The van der Waals surface area contributed by atoms with E-state index in [1.165, 1.54) is 12.1 Å². The average molecular weight is 276 g/mol. The summed E-state index contributed by atoms with van der Waals surface area (Å²) in [7, 11) is 0. The number of benzene rings is 1. The van der Waals surface area contributed by atoms with Gasteiger partial charge in [0.25, 0.3) is 0 Å². The number of aryl methyl sites for hydroxylation is 1. The number of halogens is 1. The molecule has 0 bridgehead atoms. The molecule has 0 aliphatic heterocycles. The fourth-order valence-electron chi connectivity index (χ4n) is 1.61. The van der Waals surface area contributed by atoms with Gasteiger partial charge in [-0.05, 0) is 38.5 Å². The smallest absolute Gasteiger partial charge is 0.240 e. The van der Waals surface area contributed by atoms with E-state index in [0.717, 1.165) is 5.56 Å². The summed E-state index contributed by atoms with van der Waals surface area (Å²) in [4.78, 5) is 4.19. The van der Waals surface area contributed by atoms with Crippen molar-refractivity contribution in [3.8, 4) is 17.5 Å². The van der Waals surface area contributed by atoms with Crippen molar-refractivity contribution in [1.82, 2.24) is 4.98 Å². The molecule has 1 aromatic carbocycles. The maximum absolute atomic E-state index is 13.2. The van der Waals surface area contributed by atoms with Crippen molar-refractivity contribution in [2.75, 3.05) is 5.73 Å². The Bertz CT molecular complexity index is 615. The van der Waals surface area contributed by atoms with Crippen LogP contribution in [0.2, 0.25) is 0 Å². The molecule has 0 unspecified atom stereocenters. The lowest BCUT2D eigenvalue weighted by molar-refractivity contribution is 0.232. The largest absolute Gasteiger partial charge is 0.473 e. The van der Waals surface area contributed by atoms with E-state index in [-0.39, 0.29) is 11.9 Å². The third-order valence-electron chi connectivity index (χ3n) is 2.58. The van der Waals surface area contributed by atoms with Gasteiger partial charge in [0.05, 0.1) is 11.8 Å². The Labute approximate surface area is 117 Å². The number of nitrogen functional groups attached to an aromatic ring is 1. The Morgan fingerprint density at radius 1 is 1.20 bits per heavy atom. The van der Waals surface area contributed by atoms with Crippen LogP contribution >= 0.6 is 0 Å². The zero-order valence-electron chi connectivity index (χ0n) is 11.7. The molecule has 0 saturated carbocycles. The van der Waals surface area contributed by atoms with Crippen molar-refractivity contribution < 1.29 is 13.9 Å². The van der Waals surface area contributed by atoms with Gasteiger partial charge in [-0.2, -0.15) is 4.98 Å². The van der Waals surface area contributed by atoms with Crippen LogP contribution in [0.4, 0.5) is 10.1 Å². The van der Waals surface area contributed by atoms with Gasteiger partial charge in [0, 0.05) is 12.1 Å². The number of nitrogens with zero attached hydrogens (tertiary/aromatic N) is 1. The van der Waals surface area contributed by atoms with Gasteiger partial charge in [0.1, 0.15) is 11.6 Å². The van der Waals surface area contributed by atoms with Gasteiger partial charge in [0.15, 0.2) is 0 Å². The van der Waals surface area contributed by atoms with Crippen LogP contribution in [0.1, 0.15) is 19.4 Å². The van der Waals surface area contributed by atoms with Crippen molar-refractivity contribution >= 4 is 5.69 Å². The van der Waals surface area contributed by atoms with E-state index in [0.29, 0.717) is 23.2 Å². The molecular formula is C15H17FN2O2. The van der Waals surface area contributed by atoms with E-state index in [4.69, 9.17) is 15.2 Å². The minimum atomic E-state index is -0.361. The second-order valence-electron chi connectivity index (χ2n) is 4.72. The molecule has 2 aromatic rings. The first kappa shape index (κ1) is 14.1. The Balaban J connectivity index is 2.27. The van der Waals surface area contributed by atoms with E-state index in [2.05, 4.69) is 4.98 Å². The van der Waals surface area contributed by atoms with Gasteiger partial charge in [-0.1, -0.05) is 6.07 Å². The molecule has 5 heteroatoms. The lowest BCUT2D eigenvalue weighted by Crippen LogP contribution is -2.09. The highest BCUT2D eigenvalue weighted by Gasteiger charge is 2.09. The summed E-state index contributed by atoms with van der Waals surface area (Å²) in [6, 6.07) is 7.61. The first-order valence-electron chi connectivity index (χ1n) is 6.33. The molecule has 0 amide bonds. The van der Waals surface area contributed by atoms with Gasteiger partial charge in [-0.25, -0.2) is 4.39 Å². The fourth-order valence-corrected chi connectivity index (χ4v) is 1.61. The number of hydrogen-bond donors (Lipinski definition) is 1. The number of hydrogen-bond acceptors (Lipinski definition) is 4. The van der Waals surface area contributed by atoms with E-state index in [1.54, 1.807) is 18.2 Å². The maximum Gasteiger partial charge on any atom is 0.240 e. The second kappa shape index (κ2) is 5.77. The predicted octanol–water partition coefficient (Wildman–Crippen LogP) is 3.69. The SMILES string of the molecule is Cc1ccc(F)cc1Oc1ccc(N)c(OC(C)C)n1. The van der Waals surface area contributed by atoms with E-state index in [1.807, 2.05) is 20.8 Å². The minimum Gasteiger partial charge on any atom is -0.473 e. The zero-order valence-corrected chi connectivity index (χ0v) is 11.7. The predicted molar refractivity (Wildman–Crippen MR) is 75.6 cm³/mol. The van der Waals surface area contributed by atoms with Crippen LogP contribution in [0.5, 0.6) is 17.5 Å². The summed E-state index contributed by atoms with van der Waals surface area (Å²) in [5.74, 6) is 0.674. The van der Waals surface area contributed by atoms with Gasteiger partial charge >= 0.3 is 0 Å². The highest BCUT2D eigenvalue weighted by atomic mass is 19.1. The highest BCUT2D eigenvalue weighted by Crippen LogP contribution is 2.28. The third-order valence-corrected chi connectivity index (χ3v) is 2.58. The first-order valence-corrected chi connectivity index (χ1v) is 6.33. The van der Waals surface area contributed by atoms with Gasteiger partial charge in [-0.15, -0.1) is 0 Å². The number of aromatic nitrogens is 1. The highest BCUT2D eigenvalue weighted by molar-refractivity contribution is 5.50. The molecule has 4 nitrogen and oxygen atoms in total. The molecule has 106 valence electrons. The third kappa shape index (κ3) is 3.38. The standard InChI is InChI=1S/C15H17FN2O2/c1-9(2)19-15-12(17)6-7-14(18-15)20-13-8-11(16)5-4-10(13)3/h4-9H,17H2,1-3H3.